The van der Waals surface area contributed by atoms with Gasteiger partial charge in [-0.2, -0.15) is 0 Å². The molecular formula is C15H20N2O6S. The molecule has 0 aliphatic heterocycles. The predicted molar refractivity (Wildman–Crippen MR) is 87.1 cm³/mol. The van der Waals surface area contributed by atoms with Crippen LogP contribution in [-0.4, -0.2) is 45.2 Å². The Labute approximate surface area is 140 Å². The molecule has 0 heterocycles. The second kappa shape index (κ2) is 8.44. The van der Waals surface area contributed by atoms with Gasteiger partial charge in [0.15, 0.2) is 16.4 Å². The first kappa shape index (κ1) is 19.6. The average molecular weight is 356 g/mol. The number of rotatable bonds is 6. The summed E-state index contributed by atoms with van der Waals surface area (Å²) in [6, 6.07) is 5.09. The molecule has 24 heavy (non-hydrogen) atoms. The third-order valence-corrected chi connectivity index (χ3v) is 3.46. The van der Waals surface area contributed by atoms with Gasteiger partial charge in [0.1, 0.15) is 0 Å². The Kier molecular flexibility index (Phi) is 6.90. The molecule has 0 unspecified atom stereocenters. The molecule has 2 N–H and O–H groups in total. The number of nitrogens with one attached hydrogen (secondary N) is 2. The lowest BCUT2D eigenvalue weighted by Gasteiger charge is -2.09. The first-order valence-corrected chi connectivity index (χ1v) is 9.17. The Balaban J connectivity index is 2.58. The van der Waals surface area contributed by atoms with Gasteiger partial charge >= 0.3 is 12.0 Å². The molecule has 132 valence electrons. The highest BCUT2D eigenvalue weighted by Gasteiger charge is 2.14. The zero-order chi connectivity index (χ0) is 18.3. The molecule has 0 atom stereocenters. The van der Waals surface area contributed by atoms with Crippen molar-refractivity contribution in [1.29, 1.82) is 0 Å². The zero-order valence-corrected chi connectivity index (χ0v) is 14.5. The minimum atomic E-state index is -3.23. The summed E-state index contributed by atoms with van der Waals surface area (Å²) in [7, 11) is -3.23. The minimum Gasteiger partial charge on any atom is -0.452 e. The van der Waals surface area contributed by atoms with Crippen LogP contribution >= 0.6 is 0 Å². The maximum absolute atomic E-state index is 11.9. The normalized spacial score (nSPS) is 11.0. The van der Waals surface area contributed by atoms with Crippen molar-refractivity contribution in [2.75, 3.05) is 12.9 Å². The van der Waals surface area contributed by atoms with E-state index in [0.29, 0.717) is 5.56 Å². The highest BCUT2D eigenvalue weighted by molar-refractivity contribution is 7.89. The molecule has 1 aromatic carbocycles. The van der Waals surface area contributed by atoms with Gasteiger partial charge in [0, 0.05) is 12.3 Å². The highest BCUT2D eigenvalue weighted by atomic mass is 32.2. The lowest BCUT2D eigenvalue weighted by atomic mass is 10.1. The Morgan fingerprint density at radius 2 is 1.88 bits per heavy atom. The van der Waals surface area contributed by atoms with Crippen LogP contribution in [-0.2, 0) is 25.1 Å². The number of benzene rings is 1. The van der Waals surface area contributed by atoms with Crippen LogP contribution in [0.1, 0.15) is 29.8 Å². The molecule has 0 aromatic heterocycles. The SMILES string of the molecule is CC(C)NC(=O)NC(=O)COC(=O)c1cccc(CS(C)(=O)=O)c1. The number of urea groups is 1. The second-order valence-electron chi connectivity index (χ2n) is 5.52. The molecule has 0 saturated carbocycles. The predicted octanol–water partition coefficient (Wildman–Crippen LogP) is 0.622. The van der Waals surface area contributed by atoms with E-state index in [9.17, 15) is 22.8 Å². The molecule has 0 saturated heterocycles. The lowest BCUT2D eigenvalue weighted by Crippen LogP contribution is -2.44. The third-order valence-electron chi connectivity index (χ3n) is 2.60. The number of hydrogen-bond donors (Lipinski definition) is 2. The number of sulfone groups is 1. The summed E-state index contributed by atoms with van der Waals surface area (Å²) in [5.74, 6) is -1.76. The van der Waals surface area contributed by atoms with E-state index in [2.05, 4.69) is 5.32 Å². The molecule has 3 amide bonds. The van der Waals surface area contributed by atoms with E-state index >= 15 is 0 Å². The number of esters is 1. The Morgan fingerprint density at radius 1 is 1.21 bits per heavy atom. The molecule has 0 aliphatic carbocycles. The van der Waals surface area contributed by atoms with Gasteiger partial charge in [0.2, 0.25) is 0 Å². The monoisotopic (exact) mass is 356 g/mol. The van der Waals surface area contributed by atoms with Crippen LogP contribution in [0.5, 0.6) is 0 Å². The molecule has 1 rings (SSSR count). The Morgan fingerprint density at radius 3 is 2.46 bits per heavy atom. The third kappa shape index (κ3) is 7.73. The lowest BCUT2D eigenvalue weighted by molar-refractivity contribution is -0.123. The van der Waals surface area contributed by atoms with Gasteiger partial charge < -0.3 is 10.1 Å². The van der Waals surface area contributed by atoms with Crippen molar-refractivity contribution in [1.82, 2.24) is 10.6 Å². The fraction of sp³-hybridized carbons (Fsp3) is 0.400. The first-order chi connectivity index (χ1) is 11.1. The fourth-order valence-corrected chi connectivity index (χ4v) is 2.55. The van der Waals surface area contributed by atoms with Gasteiger partial charge in [-0.1, -0.05) is 12.1 Å². The molecule has 0 aliphatic rings. The standard InChI is InChI=1S/C15H20N2O6S/c1-10(2)16-15(20)17-13(18)8-23-14(19)12-6-4-5-11(7-12)9-24(3,21)22/h4-7,10H,8-9H2,1-3H3,(H2,16,17,18,20). The average Bonchev–Trinajstić information content (AvgIpc) is 2.42. The maximum atomic E-state index is 11.9. The number of carbonyl (C=O) groups excluding carboxylic acids is 3. The van der Waals surface area contributed by atoms with E-state index < -0.39 is 34.4 Å². The van der Waals surface area contributed by atoms with Crippen molar-refractivity contribution in [3.8, 4) is 0 Å². The van der Waals surface area contributed by atoms with Crippen LogP contribution in [0.15, 0.2) is 24.3 Å². The van der Waals surface area contributed by atoms with Crippen molar-refractivity contribution >= 4 is 27.7 Å². The summed E-state index contributed by atoms with van der Waals surface area (Å²) in [4.78, 5) is 34.7. The van der Waals surface area contributed by atoms with Crippen LogP contribution in [0.4, 0.5) is 4.79 Å². The summed E-state index contributed by atoms with van der Waals surface area (Å²) in [5, 5.41) is 4.47. The number of amides is 3. The van der Waals surface area contributed by atoms with E-state index in [1.165, 1.54) is 18.2 Å². The minimum absolute atomic E-state index is 0.121. The van der Waals surface area contributed by atoms with Crippen LogP contribution in [0.3, 0.4) is 0 Å². The molecule has 0 fully saturated rings. The van der Waals surface area contributed by atoms with E-state index in [-0.39, 0.29) is 17.4 Å². The number of hydrogen-bond acceptors (Lipinski definition) is 6. The molecule has 1 aromatic rings. The van der Waals surface area contributed by atoms with E-state index in [4.69, 9.17) is 4.74 Å². The van der Waals surface area contributed by atoms with E-state index in [1.807, 2.05) is 5.32 Å². The summed E-state index contributed by atoms with van der Waals surface area (Å²) in [6.07, 6.45) is 1.09. The fourth-order valence-electron chi connectivity index (χ4n) is 1.77. The summed E-state index contributed by atoms with van der Waals surface area (Å²) in [5.41, 5.74) is 0.559. The smallest absolute Gasteiger partial charge is 0.338 e. The number of ether oxygens (including phenoxy) is 1. The summed E-state index contributed by atoms with van der Waals surface area (Å²) < 4.78 is 27.3. The Bertz CT molecular complexity index is 727. The summed E-state index contributed by atoms with van der Waals surface area (Å²) in [6.45, 7) is 2.84. The largest absolute Gasteiger partial charge is 0.452 e. The Hall–Kier alpha value is -2.42. The van der Waals surface area contributed by atoms with Crippen molar-refractivity contribution in [3.05, 3.63) is 35.4 Å². The van der Waals surface area contributed by atoms with Gasteiger partial charge in [0.05, 0.1) is 11.3 Å². The van der Waals surface area contributed by atoms with E-state index in [1.54, 1.807) is 19.9 Å². The van der Waals surface area contributed by atoms with Crippen LogP contribution in [0, 0.1) is 0 Å². The molecular weight excluding hydrogens is 336 g/mol. The van der Waals surface area contributed by atoms with Gasteiger partial charge in [-0.05, 0) is 31.5 Å². The number of imide groups is 1. The van der Waals surface area contributed by atoms with Crippen molar-refractivity contribution in [3.63, 3.8) is 0 Å². The quantitative estimate of drug-likeness (QED) is 0.721. The van der Waals surface area contributed by atoms with E-state index in [0.717, 1.165) is 6.26 Å². The zero-order valence-electron chi connectivity index (χ0n) is 13.7. The van der Waals surface area contributed by atoms with Crippen molar-refractivity contribution in [2.24, 2.45) is 0 Å². The van der Waals surface area contributed by atoms with Crippen LogP contribution in [0.25, 0.3) is 0 Å². The first-order valence-electron chi connectivity index (χ1n) is 7.11. The van der Waals surface area contributed by atoms with Gasteiger partial charge in [-0.15, -0.1) is 0 Å². The molecule has 0 spiro atoms. The summed E-state index contributed by atoms with van der Waals surface area (Å²) >= 11 is 0. The van der Waals surface area contributed by atoms with Crippen LogP contribution < -0.4 is 10.6 Å². The molecule has 0 radical (unpaired) electrons. The topological polar surface area (TPSA) is 119 Å². The molecule has 8 nitrogen and oxygen atoms in total. The van der Waals surface area contributed by atoms with Crippen molar-refractivity contribution in [2.45, 2.75) is 25.6 Å². The van der Waals surface area contributed by atoms with Crippen LogP contribution in [0.2, 0.25) is 0 Å². The van der Waals surface area contributed by atoms with Gasteiger partial charge in [-0.25, -0.2) is 18.0 Å². The van der Waals surface area contributed by atoms with Gasteiger partial charge in [0.25, 0.3) is 5.91 Å². The molecule has 9 heteroatoms. The van der Waals surface area contributed by atoms with Crippen molar-refractivity contribution < 1.29 is 27.5 Å². The van der Waals surface area contributed by atoms with Gasteiger partial charge in [-0.3, -0.25) is 10.1 Å². The number of carbonyl (C=O) groups is 3. The molecule has 0 bridgehead atoms. The highest BCUT2D eigenvalue weighted by Crippen LogP contribution is 2.10. The maximum Gasteiger partial charge on any atom is 0.338 e. The second-order valence-corrected chi connectivity index (χ2v) is 7.66.